The fraction of sp³-hybridized carbons (Fsp3) is 0.615. The summed E-state index contributed by atoms with van der Waals surface area (Å²) in [6.07, 6.45) is 6.04. The predicted octanol–water partition coefficient (Wildman–Crippen LogP) is 2.29. The molecule has 3 nitrogen and oxygen atoms in total. The third-order valence-electron chi connectivity index (χ3n) is 3.70. The summed E-state index contributed by atoms with van der Waals surface area (Å²) in [4.78, 5) is 6.47. The molecule has 2 unspecified atom stereocenters. The SMILES string of the molecule is CC1CCCN(Cc2ccncc2Cl)C1CN. The van der Waals surface area contributed by atoms with E-state index in [2.05, 4.69) is 16.8 Å². The number of aromatic nitrogens is 1. The molecule has 1 aromatic rings. The largest absolute Gasteiger partial charge is 0.329 e. The number of hydrogen-bond acceptors (Lipinski definition) is 3. The van der Waals surface area contributed by atoms with Crippen molar-refractivity contribution in [3.8, 4) is 0 Å². The highest BCUT2D eigenvalue weighted by atomic mass is 35.5. The molecule has 0 aromatic carbocycles. The van der Waals surface area contributed by atoms with Gasteiger partial charge in [0.15, 0.2) is 0 Å². The Labute approximate surface area is 108 Å². The summed E-state index contributed by atoms with van der Waals surface area (Å²) in [5, 5.41) is 0.751. The summed E-state index contributed by atoms with van der Waals surface area (Å²) >= 11 is 6.15. The van der Waals surface area contributed by atoms with Gasteiger partial charge in [-0.25, -0.2) is 0 Å². The lowest BCUT2D eigenvalue weighted by atomic mass is 9.90. The van der Waals surface area contributed by atoms with Crippen molar-refractivity contribution < 1.29 is 0 Å². The monoisotopic (exact) mass is 253 g/mol. The highest BCUT2D eigenvalue weighted by Crippen LogP contribution is 2.25. The van der Waals surface area contributed by atoms with Gasteiger partial charge in [-0.3, -0.25) is 9.88 Å². The number of likely N-dealkylation sites (tertiary alicyclic amines) is 1. The number of rotatable bonds is 3. The van der Waals surface area contributed by atoms with Crippen LogP contribution in [0.4, 0.5) is 0 Å². The number of hydrogen-bond donors (Lipinski definition) is 1. The Balaban J connectivity index is 2.09. The zero-order valence-electron chi connectivity index (χ0n) is 10.3. The maximum Gasteiger partial charge on any atom is 0.0634 e. The minimum absolute atomic E-state index is 0.480. The molecule has 17 heavy (non-hydrogen) atoms. The van der Waals surface area contributed by atoms with Crippen molar-refractivity contribution in [1.82, 2.24) is 9.88 Å². The normalized spacial score (nSPS) is 26.1. The van der Waals surface area contributed by atoms with Gasteiger partial charge < -0.3 is 5.73 Å². The molecule has 2 N–H and O–H groups in total. The predicted molar refractivity (Wildman–Crippen MR) is 70.9 cm³/mol. The van der Waals surface area contributed by atoms with E-state index in [0.29, 0.717) is 12.0 Å². The second-order valence-electron chi connectivity index (χ2n) is 4.86. The molecule has 0 aliphatic carbocycles. The van der Waals surface area contributed by atoms with E-state index in [1.54, 1.807) is 12.4 Å². The molecular formula is C13H20ClN3. The number of pyridine rings is 1. The lowest BCUT2D eigenvalue weighted by molar-refractivity contribution is 0.0991. The van der Waals surface area contributed by atoms with Crippen molar-refractivity contribution in [1.29, 1.82) is 0 Å². The van der Waals surface area contributed by atoms with Crippen LogP contribution in [0.15, 0.2) is 18.5 Å². The molecule has 0 bridgehead atoms. The van der Waals surface area contributed by atoms with Gasteiger partial charge in [-0.2, -0.15) is 0 Å². The van der Waals surface area contributed by atoms with E-state index >= 15 is 0 Å². The zero-order valence-corrected chi connectivity index (χ0v) is 11.0. The summed E-state index contributed by atoms with van der Waals surface area (Å²) in [6.45, 7) is 5.01. The van der Waals surface area contributed by atoms with Crippen molar-refractivity contribution in [2.45, 2.75) is 32.4 Å². The van der Waals surface area contributed by atoms with E-state index in [1.807, 2.05) is 6.07 Å². The smallest absolute Gasteiger partial charge is 0.0634 e. The Kier molecular flexibility index (Phi) is 4.37. The molecule has 0 saturated carbocycles. The van der Waals surface area contributed by atoms with Crippen LogP contribution in [0.25, 0.3) is 0 Å². The molecule has 2 heterocycles. The average molecular weight is 254 g/mol. The van der Waals surface area contributed by atoms with Gasteiger partial charge in [0.1, 0.15) is 0 Å². The Morgan fingerprint density at radius 1 is 1.59 bits per heavy atom. The number of halogens is 1. The van der Waals surface area contributed by atoms with E-state index in [0.717, 1.165) is 30.2 Å². The minimum atomic E-state index is 0.480. The number of nitrogens with zero attached hydrogens (tertiary/aromatic N) is 2. The standard InChI is InChI=1S/C13H20ClN3/c1-10-3-2-6-17(13(10)7-15)9-11-4-5-16-8-12(11)14/h4-5,8,10,13H,2-3,6-7,9,15H2,1H3. The first-order valence-electron chi connectivity index (χ1n) is 6.25. The molecule has 4 heteroatoms. The molecule has 0 amide bonds. The van der Waals surface area contributed by atoms with Gasteiger partial charge in [0.2, 0.25) is 0 Å². The van der Waals surface area contributed by atoms with Crippen LogP contribution in [0.5, 0.6) is 0 Å². The van der Waals surface area contributed by atoms with Crippen molar-refractivity contribution in [2.24, 2.45) is 11.7 Å². The van der Waals surface area contributed by atoms with Gasteiger partial charge in [0.05, 0.1) is 5.02 Å². The van der Waals surface area contributed by atoms with Gasteiger partial charge in [-0.05, 0) is 36.9 Å². The first-order valence-corrected chi connectivity index (χ1v) is 6.62. The Morgan fingerprint density at radius 3 is 3.12 bits per heavy atom. The maximum atomic E-state index is 6.15. The molecule has 94 valence electrons. The van der Waals surface area contributed by atoms with Crippen LogP contribution in [0.1, 0.15) is 25.3 Å². The Morgan fingerprint density at radius 2 is 2.41 bits per heavy atom. The lowest BCUT2D eigenvalue weighted by Gasteiger charge is -2.39. The third kappa shape index (κ3) is 2.97. The van der Waals surface area contributed by atoms with Crippen LogP contribution in [0.2, 0.25) is 5.02 Å². The number of piperidine rings is 1. The highest BCUT2D eigenvalue weighted by Gasteiger charge is 2.27. The fourth-order valence-electron chi connectivity index (χ4n) is 2.66. The van der Waals surface area contributed by atoms with Gasteiger partial charge in [0, 0.05) is 31.5 Å². The van der Waals surface area contributed by atoms with Gasteiger partial charge >= 0.3 is 0 Å². The van der Waals surface area contributed by atoms with Crippen LogP contribution in [0, 0.1) is 5.92 Å². The Bertz CT molecular complexity index is 369. The van der Waals surface area contributed by atoms with Crippen LogP contribution in [-0.4, -0.2) is 29.0 Å². The first kappa shape index (κ1) is 12.8. The van der Waals surface area contributed by atoms with E-state index in [9.17, 15) is 0 Å². The Hall–Kier alpha value is -0.640. The van der Waals surface area contributed by atoms with Gasteiger partial charge in [0.25, 0.3) is 0 Å². The van der Waals surface area contributed by atoms with E-state index in [4.69, 9.17) is 17.3 Å². The maximum absolute atomic E-state index is 6.15. The van der Waals surface area contributed by atoms with E-state index < -0.39 is 0 Å². The summed E-state index contributed by atoms with van der Waals surface area (Å²) in [6, 6.07) is 2.47. The molecular weight excluding hydrogens is 234 g/mol. The van der Waals surface area contributed by atoms with E-state index in [1.165, 1.54) is 12.8 Å². The van der Waals surface area contributed by atoms with Crippen molar-refractivity contribution in [3.63, 3.8) is 0 Å². The molecule has 2 rings (SSSR count). The molecule has 1 fully saturated rings. The topological polar surface area (TPSA) is 42.2 Å². The molecule has 0 spiro atoms. The quantitative estimate of drug-likeness (QED) is 0.899. The van der Waals surface area contributed by atoms with Crippen molar-refractivity contribution in [3.05, 3.63) is 29.0 Å². The molecule has 1 saturated heterocycles. The number of nitrogens with two attached hydrogens (primary N) is 1. The van der Waals surface area contributed by atoms with Crippen LogP contribution in [0.3, 0.4) is 0 Å². The summed E-state index contributed by atoms with van der Waals surface area (Å²) in [7, 11) is 0. The first-order chi connectivity index (χ1) is 8.22. The second-order valence-corrected chi connectivity index (χ2v) is 5.27. The molecule has 1 aliphatic heterocycles. The molecule has 1 aromatic heterocycles. The van der Waals surface area contributed by atoms with Crippen molar-refractivity contribution in [2.75, 3.05) is 13.1 Å². The van der Waals surface area contributed by atoms with Gasteiger partial charge in [-0.1, -0.05) is 18.5 Å². The average Bonchev–Trinajstić information content (AvgIpc) is 2.32. The van der Waals surface area contributed by atoms with Crippen LogP contribution >= 0.6 is 11.6 Å². The fourth-order valence-corrected chi connectivity index (χ4v) is 2.84. The van der Waals surface area contributed by atoms with Crippen LogP contribution in [-0.2, 0) is 6.54 Å². The molecule has 0 radical (unpaired) electrons. The molecule has 2 atom stereocenters. The third-order valence-corrected chi connectivity index (χ3v) is 4.04. The lowest BCUT2D eigenvalue weighted by Crippen LogP contribution is -2.48. The molecule has 1 aliphatic rings. The highest BCUT2D eigenvalue weighted by molar-refractivity contribution is 6.31. The summed E-state index contributed by atoms with van der Waals surface area (Å²) in [5.74, 6) is 0.675. The van der Waals surface area contributed by atoms with Crippen molar-refractivity contribution >= 4 is 11.6 Å². The summed E-state index contributed by atoms with van der Waals surface area (Å²) < 4.78 is 0. The van der Waals surface area contributed by atoms with E-state index in [-0.39, 0.29) is 0 Å². The summed E-state index contributed by atoms with van der Waals surface area (Å²) in [5.41, 5.74) is 7.04. The zero-order chi connectivity index (χ0) is 12.3. The van der Waals surface area contributed by atoms with Crippen LogP contribution < -0.4 is 5.73 Å². The minimum Gasteiger partial charge on any atom is -0.329 e. The van der Waals surface area contributed by atoms with Gasteiger partial charge in [-0.15, -0.1) is 0 Å². The second kappa shape index (κ2) is 5.80.